The predicted molar refractivity (Wildman–Crippen MR) is 102 cm³/mol. The molecule has 0 spiro atoms. The standard InChI is InChI=1S/C19H13ClN4O3/c1-27-18-5-3-2-4-12(18)17-9-13(15(10-21)19(22)23-17)14-8-11(24(25)26)6-7-16(14)20/h2-9H,1H3,(H2,22,23). The van der Waals surface area contributed by atoms with Gasteiger partial charge in [0.05, 0.1) is 17.7 Å². The van der Waals surface area contributed by atoms with Crippen molar-refractivity contribution in [2.75, 3.05) is 12.8 Å². The van der Waals surface area contributed by atoms with Crippen LogP contribution in [0.4, 0.5) is 11.5 Å². The molecule has 0 amide bonds. The SMILES string of the molecule is COc1ccccc1-c1cc(-c2cc([N+](=O)[O-])ccc2Cl)c(C#N)c(N)n1. The van der Waals surface area contributed by atoms with Gasteiger partial charge in [0.1, 0.15) is 23.2 Å². The van der Waals surface area contributed by atoms with Crippen LogP contribution in [0.15, 0.2) is 48.5 Å². The summed E-state index contributed by atoms with van der Waals surface area (Å²) < 4.78 is 5.35. The summed E-state index contributed by atoms with van der Waals surface area (Å²) in [5, 5.41) is 20.9. The van der Waals surface area contributed by atoms with Gasteiger partial charge in [-0.3, -0.25) is 10.1 Å². The lowest BCUT2D eigenvalue weighted by Crippen LogP contribution is -2.01. The number of nitrogens with zero attached hydrogens (tertiary/aromatic N) is 3. The second-order valence-electron chi connectivity index (χ2n) is 5.55. The summed E-state index contributed by atoms with van der Waals surface area (Å²) in [6.45, 7) is 0. The molecule has 2 N–H and O–H groups in total. The number of hydrogen-bond acceptors (Lipinski definition) is 6. The fourth-order valence-corrected chi connectivity index (χ4v) is 2.94. The van der Waals surface area contributed by atoms with E-state index in [4.69, 9.17) is 22.1 Å². The van der Waals surface area contributed by atoms with Crippen LogP contribution in [0.5, 0.6) is 5.75 Å². The lowest BCUT2D eigenvalue weighted by Gasteiger charge is -2.13. The molecule has 3 aromatic rings. The predicted octanol–water partition coefficient (Wildman–Crippen LogP) is 4.44. The number of para-hydroxylation sites is 1. The summed E-state index contributed by atoms with van der Waals surface area (Å²) in [7, 11) is 1.53. The highest BCUT2D eigenvalue weighted by Gasteiger charge is 2.19. The van der Waals surface area contributed by atoms with Crippen molar-refractivity contribution in [2.45, 2.75) is 0 Å². The smallest absolute Gasteiger partial charge is 0.270 e. The van der Waals surface area contributed by atoms with E-state index >= 15 is 0 Å². The summed E-state index contributed by atoms with van der Waals surface area (Å²) in [4.78, 5) is 14.9. The molecule has 7 nitrogen and oxygen atoms in total. The van der Waals surface area contributed by atoms with E-state index in [0.717, 1.165) is 0 Å². The van der Waals surface area contributed by atoms with Gasteiger partial charge < -0.3 is 10.5 Å². The molecule has 134 valence electrons. The average molecular weight is 381 g/mol. The Kier molecular flexibility index (Phi) is 4.92. The molecule has 0 unspecified atom stereocenters. The van der Waals surface area contributed by atoms with E-state index in [-0.39, 0.29) is 22.1 Å². The van der Waals surface area contributed by atoms with E-state index in [1.807, 2.05) is 18.2 Å². The molecule has 0 bridgehead atoms. The summed E-state index contributed by atoms with van der Waals surface area (Å²) in [5.74, 6) is 0.573. The van der Waals surface area contributed by atoms with Gasteiger partial charge in [0.15, 0.2) is 0 Å². The first-order chi connectivity index (χ1) is 13.0. The molecule has 0 aliphatic heterocycles. The van der Waals surface area contributed by atoms with Gasteiger partial charge in [0.25, 0.3) is 5.69 Å². The Bertz CT molecular complexity index is 1090. The number of nitrogen functional groups attached to an aromatic ring is 1. The van der Waals surface area contributed by atoms with Crippen molar-refractivity contribution in [3.05, 3.63) is 69.2 Å². The molecule has 1 aromatic heterocycles. The number of nitro benzene ring substituents is 1. The van der Waals surface area contributed by atoms with Crippen LogP contribution in [-0.2, 0) is 0 Å². The van der Waals surface area contributed by atoms with Gasteiger partial charge in [0.2, 0.25) is 0 Å². The minimum atomic E-state index is -0.530. The quantitative estimate of drug-likeness (QED) is 0.528. The van der Waals surface area contributed by atoms with Crippen molar-refractivity contribution in [1.29, 1.82) is 5.26 Å². The molecular weight excluding hydrogens is 368 g/mol. The minimum Gasteiger partial charge on any atom is -0.496 e. The third kappa shape index (κ3) is 3.38. The van der Waals surface area contributed by atoms with Crippen molar-refractivity contribution in [1.82, 2.24) is 4.98 Å². The number of nitriles is 1. The van der Waals surface area contributed by atoms with Crippen molar-refractivity contribution in [2.24, 2.45) is 0 Å². The zero-order valence-electron chi connectivity index (χ0n) is 14.1. The van der Waals surface area contributed by atoms with Gasteiger partial charge in [-0.2, -0.15) is 5.26 Å². The molecule has 0 saturated heterocycles. The Morgan fingerprint density at radius 1 is 1.19 bits per heavy atom. The zero-order chi connectivity index (χ0) is 19.6. The molecule has 0 radical (unpaired) electrons. The first kappa shape index (κ1) is 18.2. The number of benzene rings is 2. The lowest BCUT2D eigenvalue weighted by atomic mass is 9.97. The second kappa shape index (κ2) is 7.32. The van der Waals surface area contributed by atoms with E-state index < -0.39 is 4.92 Å². The van der Waals surface area contributed by atoms with E-state index in [2.05, 4.69) is 4.98 Å². The highest BCUT2D eigenvalue weighted by molar-refractivity contribution is 6.33. The highest BCUT2D eigenvalue weighted by atomic mass is 35.5. The first-order valence-electron chi connectivity index (χ1n) is 7.74. The largest absolute Gasteiger partial charge is 0.496 e. The number of ether oxygens (including phenoxy) is 1. The van der Waals surface area contributed by atoms with Crippen LogP contribution in [0.1, 0.15) is 5.56 Å². The van der Waals surface area contributed by atoms with Crippen LogP contribution in [0.25, 0.3) is 22.4 Å². The maximum atomic E-state index is 11.1. The number of pyridine rings is 1. The normalized spacial score (nSPS) is 10.3. The fourth-order valence-electron chi connectivity index (χ4n) is 2.72. The molecule has 2 aromatic carbocycles. The number of halogens is 1. The Labute approximate surface area is 159 Å². The van der Waals surface area contributed by atoms with Gasteiger partial charge in [0, 0.05) is 33.8 Å². The number of aromatic nitrogens is 1. The third-order valence-corrected chi connectivity index (χ3v) is 4.32. The molecule has 0 fully saturated rings. The number of hydrogen-bond donors (Lipinski definition) is 1. The Morgan fingerprint density at radius 2 is 1.93 bits per heavy atom. The monoisotopic (exact) mass is 380 g/mol. The van der Waals surface area contributed by atoms with Gasteiger partial charge in [-0.15, -0.1) is 0 Å². The fraction of sp³-hybridized carbons (Fsp3) is 0.0526. The molecule has 8 heteroatoms. The molecular formula is C19H13ClN4O3. The number of rotatable bonds is 4. The summed E-state index contributed by atoms with van der Waals surface area (Å²) in [6.07, 6.45) is 0. The van der Waals surface area contributed by atoms with Crippen molar-refractivity contribution < 1.29 is 9.66 Å². The van der Waals surface area contributed by atoms with Crippen molar-refractivity contribution >= 4 is 23.1 Å². The average Bonchev–Trinajstić information content (AvgIpc) is 2.67. The van der Waals surface area contributed by atoms with E-state index in [9.17, 15) is 15.4 Å². The number of nitro groups is 1. The summed E-state index contributed by atoms with van der Waals surface area (Å²) in [6, 6.07) is 14.8. The Balaban J connectivity index is 2.31. The number of non-ortho nitro benzene ring substituents is 1. The second-order valence-corrected chi connectivity index (χ2v) is 5.96. The molecule has 27 heavy (non-hydrogen) atoms. The van der Waals surface area contributed by atoms with E-state index in [0.29, 0.717) is 28.1 Å². The molecule has 0 aliphatic rings. The Morgan fingerprint density at radius 3 is 2.59 bits per heavy atom. The minimum absolute atomic E-state index is 0.00141. The van der Waals surface area contributed by atoms with Crippen LogP contribution >= 0.6 is 11.6 Å². The molecule has 0 saturated carbocycles. The van der Waals surface area contributed by atoms with Crippen LogP contribution in [0.2, 0.25) is 5.02 Å². The van der Waals surface area contributed by atoms with Crippen molar-refractivity contribution in [3.63, 3.8) is 0 Å². The third-order valence-electron chi connectivity index (χ3n) is 3.99. The van der Waals surface area contributed by atoms with E-state index in [1.165, 1.54) is 25.3 Å². The number of methoxy groups -OCH3 is 1. The maximum Gasteiger partial charge on any atom is 0.270 e. The van der Waals surface area contributed by atoms with Crippen LogP contribution in [0.3, 0.4) is 0 Å². The zero-order valence-corrected chi connectivity index (χ0v) is 14.9. The number of anilines is 1. The molecule has 0 aliphatic carbocycles. The molecule has 3 rings (SSSR count). The lowest BCUT2D eigenvalue weighted by molar-refractivity contribution is -0.384. The van der Waals surface area contributed by atoms with Gasteiger partial charge >= 0.3 is 0 Å². The van der Waals surface area contributed by atoms with Gasteiger partial charge in [-0.05, 0) is 24.3 Å². The number of nitrogens with two attached hydrogens (primary N) is 1. The summed E-state index contributed by atoms with van der Waals surface area (Å²) in [5.41, 5.74) is 7.76. The van der Waals surface area contributed by atoms with Crippen LogP contribution < -0.4 is 10.5 Å². The topological polar surface area (TPSA) is 115 Å². The maximum absolute atomic E-state index is 11.1. The van der Waals surface area contributed by atoms with Crippen molar-refractivity contribution in [3.8, 4) is 34.2 Å². The van der Waals surface area contributed by atoms with Crippen LogP contribution in [-0.4, -0.2) is 17.0 Å². The van der Waals surface area contributed by atoms with Gasteiger partial charge in [-0.1, -0.05) is 23.7 Å². The van der Waals surface area contributed by atoms with E-state index in [1.54, 1.807) is 18.2 Å². The van der Waals surface area contributed by atoms with Crippen LogP contribution in [0, 0.1) is 21.4 Å². The highest BCUT2D eigenvalue weighted by Crippen LogP contribution is 2.38. The summed E-state index contributed by atoms with van der Waals surface area (Å²) >= 11 is 6.26. The Hall–Kier alpha value is -3.63. The van der Waals surface area contributed by atoms with Gasteiger partial charge in [-0.25, -0.2) is 4.98 Å². The molecule has 0 atom stereocenters. The first-order valence-corrected chi connectivity index (χ1v) is 8.12. The molecule has 1 heterocycles.